The van der Waals surface area contributed by atoms with E-state index in [-0.39, 0.29) is 20.4 Å². The molecule has 10 rings (SSSR count). The van der Waals surface area contributed by atoms with E-state index in [1.165, 1.54) is 86.8 Å². The van der Waals surface area contributed by atoms with Gasteiger partial charge in [-0.1, -0.05) is 216 Å². The number of anilines is 1. The van der Waals surface area contributed by atoms with Gasteiger partial charge in [0.15, 0.2) is 0 Å². The van der Waals surface area contributed by atoms with Crippen molar-refractivity contribution >= 4 is 85.0 Å². The van der Waals surface area contributed by atoms with Crippen LogP contribution in [0.25, 0.3) is 43.8 Å². The van der Waals surface area contributed by atoms with Gasteiger partial charge in [-0.05, 0) is 120 Å². The quantitative estimate of drug-likeness (QED) is 0.0522. The monoisotopic (exact) mass is 1050 g/mol. The third-order valence-electron chi connectivity index (χ3n) is 11.7. The molecule has 0 aromatic heterocycles. The Kier molecular flexibility index (Phi) is 17.0. The van der Waals surface area contributed by atoms with Crippen LogP contribution in [-0.4, -0.2) is 19.2 Å². The minimum absolute atomic E-state index is 0. The van der Waals surface area contributed by atoms with Crippen LogP contribution < -0.4 is 37.6 Å². The maximum absolute atomic E-state index is 9.19. The van der Waals surface area contributed by atoms with E-state index in [1.54, 1.807) is 0 Å². The van der Waals surface area contributed by atoms with E-state index < -0.39 is 26.0 Å². The van der Waals surface area contributed by atoms with Gasteiger partial charge < -0.3 is 5.73 Å². The summed E-state index contributed by atoms with van der Waals surface area (Å²) in [5.74, 6) is 0. The van der Waals surface area contributed by atoms with E-state index >= 15 is 0 Å². The minimum Gasteiger partial charge on any atom is -0.406 e. The van der Waals surface area contributed by atoms with Crippen molar-refractivity contribution in [2.75, 3.05) is 12.0 Å². The molecular weight excluding hydrogens is 995 g/mol. The Morgan fingerprint density at radius 1 is 0.435 bits per heavy atom. The fourth-order valence-corrected chi connectivity index (χ4v) is 13.2. The molecule has 0 atom stereocenters. The number of rotatable bonds is 8. The molecule has 0 unspecified atom stereocenters. The molecule has 0 fully saturated rings. The van der Waals surface area contributed by atoms with E-state index in [4.69, 9.17) is 10.3 Å². The summed E-state index contributed by atoms with van der Waals surface area (Å²) in [5.41, 5.74) is 16.6. The average molecular weight is 1050 g/mol. The second kappa shape index (κ2) is 23.0. The molecule has 3 N–H and O–H groups in total. The smallest absolute Gasteiger partial charge is 0.261 e. The number of aryl methyl sites for hydroxylation is 4. The molecule has 69 heavy (non-hydrogen) atoms. The van der Waals surface area contributed by atoms with E-state index in [2.05, 4.69) is 204 Å². The van der Waals surface area contributed by atoms with Gasteiger partial charge in [0.2, 0.25) is 0 Å². The Morgan fingerprint density at radius 2 is 0.768 bits per heavy atom. The van der Waals surface area contributed by atoms with Crippen molar-refractivity contribution in [1.82, 2.24) is 0 Å². The van der Waals surface area contributed by atoms with Crippen LogP contribution in [0.2, 0.25) is 0 Å². The van der Waals surface area contributed by atoms with Gasteiger partial charge in [-0.3, -0.25) is 4.55 Å². The van der Waals surface area contributed by atoms with E-state index in [1.807, 2.05) is 48.5 Å². The van der Waals surface area contributed by atoms with Crippen LogP contribution in [0.4, 0.5) is 5.69 Å². The third-order valence-corrected chi connectivity index (χ3v) is 16.6. The SMILES string of the molecule is CS(=O)(=O)O.Cc1ccc(P(c2ccc(C)cc2)c2ccc3ccccc3c2-c2c(P(c3ccc(C)cc3)c3ccc(C)cc3)ccc3ccccc23)cc1.Nc1ccccc1-c1[c-]cccc1.[Pd]. The Bertz CT molecular complexity index is 3150. The molecule has 0 aliphatic heterocycles. The molecule has 348 valence electrons. The van der Waals surface area contributed by atoms with Crippen LogP contribution in [0.15, 0.2) is 218 Å². The van der Waals surface area contributed by atoms with Gasteiger partial charge in [-0.2, -0.15) is 8.42 Å². The zero-order valence-electron chi connectivity index (χ0n) is 39.2. The van der Waals surface area contributed by atoms with Gasteiger partial charge in [0, 0.05) is 20.4 Å². The Hall–Kier alpha value is -6.05. The van der Waals surface area contributed by atoms with Gasteiger partial charge >= 0.3 is 0 Å². The van der Waals surface area contributed by atoms with Crippen molar-refractivity contribution in [3.63, 3.8) is 0 Å². The first-order valence-electron chi connectivity index (χ1n) is 22.5. The fourth-order valence-electron chi connectivity index (χ4n) is 8.35. The van der Waals surface area contributed by atoms with Crippen molar-refractivity contribution < 1.29 is 33.4 Å². The molecule has 10 aromatic carbocycles. The molecule has 0 aliphatic carbocycles. The van der Waals surface area contributed by atoms with Crippen molar-refractivity contribution in [1.29, 1.82) is 0 Å². The van der Waals surface area contributed by atoms with Crippen molar-refractivity contribution in [2.24, 2.45) is 0 Å². The summed E-state index contributed by atoms with van der Waals surface area (Å²) in [7, 11) is -5.44. The normalized spacial score (nSPS) is 11.1. The van der Waals surface area contributed by atoms with Gasteiger partial charge in [0.25, 0.3) is 10.1 Å². The molecule has 0 radical (unpaired) electrons. The summed E-state index contributed by atoms with van der Waals surface area (Å²) in [6, 6.07) is 83.4. The van der Waals surface area contributed by atoms with Gasteiger partial charge in [0.05, 0.1) is 6.26 Å². The summed E-state index contributed by atoms with van der Waals surface area (Å²) in [5, 5.41) is 13.4. The number of nitrogen functional groups attached to an aromatic ring is 1. The van der Waals surface area contributed by atoms with E-state index in [9.17, 15) is 8.42 Å². The van der Waals surface area contributed by atoms with Crippen LogP contribution >= 0.6 is 15.8 Å². The van der Waals surface area contributed by atoms with Gasteiger partial charge in [0.1, 0.15) is 0 Å². The number of hydrogen-bond acceptors (Lipinski definition) is 3. The number of fused-ring (bicyclic) bond motifs is 2. The zero-order valence-corrected chi connectivity index (χ0v) is 43.4. The molecule has 0 saturated carbocycles. The molecule has 4 nitrogen and oxygen atoms in total. The van der Waals surface area contributed by atoms with Crippen LogP contribution in [-0.2, 0) is 30.5 Å². The van der Waals surface area contributed by atoms with Crippen LogP contribution in [0.3, 0.4) is 0 Å². The van der Waals surface area contributed by atoms with Crippen molar-refractivity contribution in [3.05, 3.63) is 247 Å². The number of hydrogen-bond donors (Lipinski definition) is 2. The Morgan fingerprint density at radius 3 is 1.12 bits per heavy atom. The first-order valence-corrected chi connectivity index (χ1v) is 27.0. The molecule has 0 heterocycles. The number of nitrogens with two attached hydrogens (primary N) is 1. The number of para-hydroxylation sites is 1. The molecular formula is C61H54NO3P2PdS-. The molecule has 10 aromatic rings. The maximum Gasteiger partial charge on any atom is 0.261 e. The fraction of sp³-hybridized carbons (Fsp3) is 0.0820. The molecule has 0 spiro atoms. The second-order valence-corrected chi connectivity index (χ2v) is 22.8. The molecule has 0 saturated heterocycles. The first-order chi connectivity index (χ1) is 32.8. The zero-order chi connectivity index (χ0) is 47.8. The van der Waals surface area contributed by atoms with E-state index in [0.29, 0.717) is 6.26 Å². The van der Waals surface area contributed by atoms with Crippen molar-refractivity contribution in [2.45, 2.75) is 27.7 Å². The first kappa shape index (κ1) is 50.8. The second-order valence-electron chi connectivity index (χ2n) is 17.0. The maximum atomic E-state index is 9.19. The molecule has 0 bridgehead atoms. The van der Waals surface area contributed by atoms with Crippen LogP contribution in [0.5, 0.6) is 0 Å². The largest absolute Gasteiger partial charge is 0.406 e. The molecule has 0 aliphatic rings. The van der Waals surface area contributed by atoms with Crippen molar-refractivity contribution in [3.8, 4) is 22.3 Å². The summed E-state index contributed by atoms with van der Waals surface area (Å²) >= 11 is 0. The summed E-state index contributed by atoms with van der Waals surface area (Å²) < 4.78 is 25.9. The molecule has 0 amide bonds. The summed E-state index contributed by atoms with van der Waals surface area (Å²) in [4.78, 5) is 0. The topological polar surface area (TPSA) is 80.4 Å². The number of benzene rings is 10. The Labute approximate surface area is 424 Å². The summed E-state index contributed by atoms with van der Waals surface area (Å²) in [6.45, 7) is 8.72. The minimum atomic E-state index is -3.67. The predicted molar refractivity (Wildman–Crippen MR) is 296 cm³/mol. The average Bonchev–Trinajstić information content (AvgIpc) is 3.34. The molecule has 8 heteroatoms. The van der Waals surface area contributed by atoms with Crippen LogP contribution in [0, 0.1) is 33.8 Å². The van der Waals surface area contributed by atoms with Gasteiger partial charge in [-0.15, -0.1) is 35.9 Å². The van der Waals surface area contributed by atoms with Gasteiger partial charge in [-0.25, -0.2) is 0 Å². The Balaban J connectivity index is 0.000000311. The standard InChI is InChI=1S/C48H40P2.C12H10N.CH4O3S.Pd/c1-33-13-23-39(24-14-33)49(40-25-15-34(2)16-26-40)45-31-21-37-9-5-7-11-43(37)47(45)48-44-12-8-6-10-38(44)22-32-46(48)50(41-27-17-35(3)18-28-41)42-29-19-36(4)20-30-42;13-12-9-5-4-8-11(12)10-6-2-1-3-7-10;1-5(2,3)4;/h5-32H,1-4H3;1-6,8-9H,13H2;1H3,(H,2,3,4);/q;-1;;. The predicted octanol–water partition coefficient (Wildman–Crippen LogP) is 12.6. The summed E-state index contributed by atoms with van der Waals surface area (Å²) in [6.07, 6.45) is 0.715. The third kappa shape index (κ3) is 12.6. The van der Waals surface area contributed by atoms with E-state index in [0.717, 1.165) is 16.8 Å². The van der Waals surface area contributed by atoms with Crippen LogP contribution in [0.1, 0.15) is 22.3 Å².